The van der Waals surface area contributed by atoms with Crippen molar-refractivity contribution in [3.05, 3.63) is 77.9 Å². The maximum Gasteiger partial charge on any atom is 0.338 e. The van der Waals surface area contributed by atoms with Gasteiger partial charge in [0.05, 0.1) is 5.56 Å². The predicted octanol–water partition coefficient (Wildman–Crippen LogP) is 6.47. The van der Waals surface area contributed by atoms with Crippen LogP contribution in [-0.2, 0) is 10.3 Å². The average Bonchev–Trinajstić information content (AvgIpc) is 2.65. The first-order chi connectivity index (χ1) is 11.5. The van der Waals surface area contributed by atoms with Gasteiger partial charge in [-0.15, -0.1) is 0 Å². The highest BCUT2D eigenvalue weighted by molar-refractivity contribution is 5.90. The van der Waals surface area contributed by atoms with Crippen LogP contribution in [0.5, 0.6) is 0 Å². The molecule has 24 heavy (non-hydrogen) atoms. The van der Waals surface area contributed by atoms with E-state index in [9.17, 15) is 4.79 Å². The second kappa shape index (κ2) is 11.2. The van der Waals surface area contributed by atoms with Crippen molar-refractivity contribution in [3.8, 4) is 0 Å². The average molecular weight is 326 g/mol. The van der Waals surface area contributed by atoms with Gasteiger partial charge in [0.25, 0.3) is 0 Å². The first-order valence-corrected chi connectivity index (χ1v) is 8.54. The topological polar surface area (TPSA) is 26.3 Å². The Morgan fingerprint density at radius 2 is 1.42 bits per heavy atom. The van der Waals surface area contributed by atoms with Crippen molar-refractivity contribution in [2.75, 3.05) is 0 Å². The van der Waals surface area contributed by atoms with Gasteiger partial charge in [0, 0.05) is 0 Å². The molecule has 0 radical (unpaired) electrons. The van der Waals surface area contributed by atoms with Crippen LogP contribution in [0.1, 0.15) is 63.0 Å². The molecule has 2 aromatic carbocycles. The molecule has 0 N–H and O–H groups in total. The molecule has 0 bridgehead atoms. The molecule has 0 amide bonds. The highest BCUT2D eigenvalue weighted by Crippen LogP contribution is 2.25. The molecule has 0 spiro atoms. The van der Waals surface area contributed by atoms with Crippen molar-refractivity contribution in [2.45, 2.75) is 47.1 Å². The molecule has 0 heterocycles. The zero-order valence-corrected chi connectivity index (χ0v) is 15.8. The van der Waals surface area contributed by atoms with Crippen LogP contribution < -0.4 is 0 Å². The van der Waals surface area contributed by atoms with E-state index in [0.717, 1.165) is 11.1 Å². The zero-order chi connectivity index (χ0) is 18.6. The summed E-state index contributed by atoms with van der Waals surface area (Å²) in [7, 11) is 0. The molecular formula is C22H30O2. The summed E-state index contributed by atoms with van der Waals surface area (Å²) < 4.78 is 5.62. The van der Waals surface area contributed by atoms with E-state index in [1.165, 1.54) is 0 Å². The molecule has 0 aliphatic heterocycles. The standard InChI is InChI=1S/C18H18O2.2C2H6/c1-4-14-10-12-15(13-11-14)17(19)20-18(2,3)16-8-6-5-7-9-16;2*1-2/h4-13H,1H2,2-3H3;2*1-2H3. The van der Waals surface area contributed by atoms with Gasteiger partial charge in [-0.25, -0.2) is 4.79 Å². The predicted molar refractivity (Wildman–Crippen MR) is 104 cm³/mol. The molecule has 0 aliphatic rings. The van der Waals surface area contributed by atoms with E-state index in [1.54, 1.807) is 18.2 Å². The van der Waals surface area contributed by atoms with E-state index in [2.05, 4.69) is 6.58 Å². The van der Waals surface area contributed by atoms with E-state index in [0.29, 0.717) is 5.56 Å². The third-order valence-electron chi connectivity index (χ3n) is 3.20. The van der Waals surface area contributed by atoms with Crippen LogP contribution in [0.2, 0.25) is 0 Å². The first kappa shape index (κ1) is 21.7. The van der Waals surface area contributed by atoms with Gasteiger partial charge < -0.3 is 4.74 Å². The first-order valence-electron chi connectivity index (χ1n) is 8.54. The van der Waals surface area contributed by atoms with Crippen molar-refractivity contribution < 1.29 is 9.53 Å². The zero-order valence-electron chi connectivity index (χ0n) is 15.8. The maximum absolute atomic E-state index is 12.2. The molecule has 0 aromatic heterocycles. The van der Waals surface area contributed by atoms with Crippen molar-refractivity contribution in [1.29, 1.82) is 0 Å². The highest BCUT2D eigenvalue weighted by atomic mass is 16.6. The number of carbonyl (C=O) groups is 1. The molecule has 0 unspecified atom stereocenters. The monoisotopic (exact) mass is 326 g/mol. The summed E-state index contributed by atoms with van der Waals surface area (Å²) >= 11 is 0. The van der Waals surface area contributed by atoms with Gasteiger partial charge in [-0.3, -0.25) is 0 Å². The van der Waals surface area contributed by atoms with Gasteiger partial charge in [0.15, 0.2) is 0 Å². The minimum Gasteiger partial charge on any atom is -0.451 e. The largest absolute Gasteiger partial charge is 0.451 e. The van der Waals surface area contributed by atoms with Gasteiger partial charge in [-0.2, -0.15) is 0 Å². The van der Waals surface area contributed by atoms with Crippen molar-refractivity contribution >= 4 is 12.0 Å². The van der Waals surface area contributed by atoms with E-state index in [-0.39, 0.29) is 5.97 Å². The summed E-state index contributed by atoms with van der Waals surface area (Å²) in [6.07, 6.45) is 1.74. The lowest BCUT2D eigenvalue weighted by Crippen LogP contribution is -2.25. The van der Waals surface area contributed by atoms with Crippen LogP contribution in [0, 0.1) is 0 Å². The maximum atomic E-state index is 12.2. The molecule has 2 aromatic rings. The number of carbonyl (C=O) groups excluding carboxylic acids is 1. The molecular weight excluding hydrogens is 296 g/mol. The Morgan fingerprint density at radius 3 is 1.88 bits per heavy atom. The highest BCUT2D eigenvalue weighted by Gasteiger charge is 2.25. The summed E-state index contributed by atoms with van der Waals surface area (Å²) in [5.74, 6) is -0.325. The van der Waals surface area contributed by atoms with Gasteiger partial charge >= 0.3 is 5.97 Å². The van der Waals surface area contributed by atoms with Crippen LogP contribution in [0.3, 0.4) is 0 Å². The number of hydrogen-bond acceptors (Lipinski definition) is 2. The van der Waals surface area contributed by atoms with Crippen molar-refractivity contribution in [1.82, 2.24) is 0 Å². The Kier molecular flexibility index (Phi) is 10.1. The Balaban J connectivity index is 0.00000123. The molecule has 2 nitrogen and oxygen atoms in total. The number of rotatable bonds is 4. The second-order valence-corrected chi connectivity index (χ2v) is 5.09. The number of esters is 1. The Labute approximate surface area is 147 Å². The summed E-state index contributed by atoms with van der Waals surface area (Å²) in [4.78, 5) is 12.2. The third-order valence-corrected chi connectivity index (χ3v) is 3.20. The second-order valence-electron chi connectivity index (χ2n) is 5.09. The molecule has 0 atom stereocenters. The van der Waals surface area contributed by atoms with Crippen molar-refractivity contribution in [3.63, 3.8) is 0 Å². The lowest BCUT2D eigenvalue weighted by Gasteiger charge is -2.25. The fourth-order valence-corrected chi connectivity index (χ4v) is 1.94. The Hall–Kier alpha value is -2.35. The fourth-order valence-electron chi connectivity index (χ4n) is 1.94. The van der Waals surface area contributed by atoms with Crippen LogP contribution in [0.25, 0.3) is 6.08 Å². The minimum atomic E-state index is -0.657. The van der Waals surface area contributed by atoms with E-state index in [4.69, 9.17) is 4.74 Å². The van der Waals surface area contributed by atoms with Gasteiger partial charge in [0.2, 0.25) is 0 Å². The molecule has 130 valence electrons. The third kappa shape index (κ3) is 6.41. The quantitative estimate of drug-likeness (QED) is 0.601. The number of ether oxygens (including phenoxy) is 1. The molecule has 0 aliphatic carbocycles. The molecule has 0 fully saturated rings. The summed E-state index contributed by atoms with van der Waals surface area (Å²) in [5.41, 5.74) is 1.83. The number of benzene rings is 2. The molecule has 0 saturated carbocycles. The fraction of sp³-hybridized carbons (Fsp3) is 0.318. The summed E-state index contributed by atoms with van der Waals surface area (Å²) in [5, 5.41) is 0. The van der Waals surface area contributed by atoms with Gasteiger partial charge in [-0.05, 0) is 37.1 Å². The minimum absolute atomic E-state index is 0.325. The van der Waals surface area contributed by atoms with Crippen molar-refractivity contribution in [2.24, 2.45) is 0 Å². The van der Waals surface area contributed by atoms with Crippen LogP contribution in [-0.4, -0.2) is 5.97 Å². The molecule has 2 heteroatoms. The number of hydrogen-bond donors (Lipinski definition) is 0. The Bertz CT molecular complexity index is 596. The van der Waals surface area contributed by atoms with Gasteiger partial charge in [-0.1, -0.05) is 82.8 Å². The van der Waals surface area contributed by atoms with Crippen LogP contribution in [0.4, 0.5) is 0 Å². The van der Waals surface area contributed by atoms with Crippen LogP contribution >= 0.6 is 0 Å². The summed E-state index contributed by atoms with van der Waals surface area (Å²) in [6.45, 7) is 15.5. The Morgan fingerprint density at radius 1 is 0.917 bits per heavy atom. The SMILES string of the molecule is C=Cc1ccc(C(=O)OC(C)(C)c2ccccc2)cc1.CC.CC. The lowest BCUT2D eigenvalue weighted by atomic mass is 9.98. The molecule has 0 saturated heterocycles. The summed E-state index contributed by atoms with van der Waals surface area (Å²) in [6, 6.07) is 16.9. The van der Waals surface area contributed by atoms with E-state index < -0.39 is 5.60 Å². The normalized spacial score (nSPS) is 9.58. The van der Waals surface area contributed by atoms with E-state index >= 15 is 0 Å². The smallest absolute Gasteiger partial charge is 0.338 e. The van der Waals surface area contributed by atoms with E-state index in [1.807, 2.05) is 84.0 Å². The molecule has 2 rings (SSSR count). The van der Waals surface area contributed by atoms with Crippen LogP contribution in [0.15, 0.2) is 61.2 Å². The van der Waals surface area contributed by atoms with Gasteiger partial charge in [0.1, 0.15) is 5.60 Å². The lowest BCUT2D eigenvalue weighted by molar-refractivity contribution is -0.00312.